The Morgan fingerprint density at radius 2 is 2.05 bits per heavy atom. The van der Waals surface area contributed by atoms with Crippen LogP contribution in [0.3, 0.4) is 0 Å². The molecule has 1 spiro atoms. The molecule has 0 saturated carbocycles. The van der Waals surface area contributed by atoms with E-state index in [-0.39, 0.29) is 11.6 Å². The molecular formula is C15H24N4O2. The Kier molecular flexibility index (Phi) is 3.36. The van der Waals surface area contributed by atoms with E-state index >= 15 is 0 Å². The van der Waals surface area contributed by atoms with Gasteiger partial charge in [0.25, 0.3) is 0 Å². The van der Waals surface area contributed by atoms with E-state index in [9.17, 15) is 4.79 Å². The summed E-state index contributed by atoms with van der Waals surface area (Å²) in [7, 11) is 0. The van der Waals surface area contributed by atoms with E-state index in [1.54, 1.807) is 0 Å². The molecule has 0 aromatic carbocycles. The van der Waals surface area contributed by atoms with Gasteiger partial charge in [-0.15, -0.1) is 0 Å². The summed E-state index contributed by atoms with van der Waals surface area (Å²) in [4.78, 5) is 16.2. The monoisotopic (exact) mass is 292 g/mol. The van der Waals surface area contributed by atoms with Crippen LogP contribution >= 0.6 is 0 Å². The number of fused-ring (bicyclic) bond motifs is 2. The molecule has 3 rings (SSSR count). The van der Waals surface area contributed by atoms with Crippen molar-refractivity contribution in [2.75, 3.05) is 19.8 Å². The highest BCUT2D eigenvalue weighted by Gasteiger charge is 2.45. The Labute approximate surface area is 125 Å². The van der Waals surface area contributed by atoms with Gasteiger partial charge in [0.05, 0.1) is 17.9 Å². The van der Waals surface area contributed by atoms with E-state index in [1.807, 2.05) is 31.9 Å². The van der Waals surface area contributed by atoms with Gasteiger partial charge in [0.15, 0.2) is 0 Å². The molecule has 3 aliphatic heterocycles. The number of nitrogens with zero attached hydrogens (tertiary/aromatic N) is 2. The Morgan fingerprint density at radius 3 is 2.71 bits per heavy atom. The standard InChI is InChI=1S/C15H24N4O2/c1-14(2,3)21-13(20)18-7-4-15(5-8-18)12-10-16-6-9-19(12)11-17-15/h6,9-10,16-17H,4-5,7-8,11H2,1-3H3. The molecule has 2 saturated heterocycles. The van der Waals surface area contributed by atoms with E-state index in [0.717, 1.165) is 32.6 Å². The van der Waals surface area contributed by atoms with Crippen molar-refractivity contribution >= 4 is 6.09 Å². The van der Waals surface area contributed by atoms with Crippen molar-refractivity contribution in [2.45, 2.75) is 44.8 Å². The lowest BCUT2D eigenvalue weighted by Gasteiger charge is -2.40. The first kappa shape index (κ1) is 14.3. The van der Waals surface area contributed by atoms with Gasteiger partial charge < -0.3 is 19.9 Å². The summed E-state index contributed by atoms with van der Waals surface area (Å²) in [5.74, 6) is 0. The van der Waals surface area contributed by atoms with Crippen LogP contribution in [0.4, 0.5) is 4.79 Å². The van der Waals surface area contributed by atoms with E-state index in [0.29, 0.717) is 0 Å². The summed E-state index contributed by atoms with van der Waals surface area (Å²) in [6.07, 6.45) is 7.65. The molecule has 116 valence electrons. The molecule has 0 aromatic heterocycles. The number of carbonyl (C=O) groups excluding carboxylic acids is 1. The van der Waals surface area contributed by atoms with Crippen molar-refractivity contribution in [3.05, 3.63) is 24.3 Å². The van der Waals surface area contributed by atoms with Crippen LogP contribution in [0.1, 0.15) is 33.6 Å². The Bertz CT molecular complexity index is 484. The number of carbonyl (C=O) groups is 1. The topological polar surface area (TPSA) is 56.8 Å². The Balaban J connectivity index is 1.63. The number of likely N-dealkylation sites (tertiary alicyclic amines) is 1. The molecule has 0 atom stereocenters. The van der Waals surface area contributed by atoms with E-state index in [2.05, 4.69) is 27.9 Å². The summed E-state index contributed by atoms with van der Waals surface area (Å²) < 4.78 is 5.45. The smallest absolute Gasteiger partial charge is 0.410 e. The van der Waals surface area contributed by atoms with Crippen LogP contribution in [0.5, 0.6) is 0 Å². The summed E-state index contributed by atoms with van der Waals surface area (Å²) >= 11 is 0. The third kappa shape index (κ3) is 2.72. The van der Waals surface area contributed by atoms with Gasteiger partial charge in [0.1, 0.15) is 5.60 Å². The number of hydrogen-bond acceptors (Lipinski definition) is 5. The van der Waals surface area contributed by atoms with Gasteiger partial charge in [0, 0.05) is 31.7 Å². The van der Waals surface area contributed by atoms with Crippen molar-refractivity contribution in [1.29, 1.82) is 0 Å². The maximum Gasteiger partial charge on any atom is 0.410 e. The fourth-order valence-electron chi connectivity index (χ4n) is 3.13. The summed E-state index contributed by atoms with van der Waals surface area (Å²) in [5, 5.41) is 6.77. The van der Waals surface area contributed by atoms with Gasteiger partial charge in [-0.25, -0.2) is 4.79 Å². The van der Waals surface area contributed by atoms with Crippen molar-refractivity contribution < 1.29 is 9.53 Å². The number of ether oxygens (including phenoxy) is 1. The fraction of sp³-hybridized carbons (Fsp3) is 0.667. The molecule has 2 fully saturated rings. The van der Waals surface area contributed by atoms with Crippen molar-refractivity contribution in [2.24, 2.45) is 0 Å². The minimum absolute atomic E-state index is 0.0176. The molecule has 3 heterocycles. The van der Waals surface area contributed by atoms with Crippen molar-refractivity contribution in [1.82, 2.24) is 20.4 Å². The van der Waals surface area contributed by atoms with Crippen LogP contribution in [0.2, 0.25) is 0 Å². The number of amides is 1. The molecule has 1 amide bonds. The van der Waals surface area contributed by atoms with Gasteiger partial charge in [-0.05, 0) is 33.6 Å². The number of nitrogens with one attached hydrogen (secondary N) is 2. The van der Waals surface area contributed by atoms with Gasteiger partial charge >= 0.3 is 6.09 Å². The summed E-state index contributed by atoms with van der Waals surface area (Å²) in [6.45, 7) is 7.97. The second-order valence-electron chi connectivity index (χ2n) is 6.87. The van der Waals surface area contributed by atoms with Crippen LogP contribution in [0.25, 0.3) is 0 Å². The van der Waals surface area contributed by atoms with E-state index in [4.69, 9.17) is 4.74 Å². The normalized spacial score (nSPS) is 23.7. The summed E-state index contributed by atoms with van der Waals surface area (Å²) in [6, 6.07) is 0. The second-order valence-corrected chi connectivity index (χ2v) is 6.87. The van der Waals surface area contributed by atoms with Crippen LogP contribution in [0.15, 0.2) is 24.3 Å². The molecule has 3 aliphatic rings. The largest absolute Gasteiger partial charge is 0.444 e. The van der Waals surface area contributed by atoms with Crippen LogP contribution in [0, 0.1) is 0 Å². The highest BCUT2D eigenvalue weighted by Crippen LogP contribution is 2.36. The molecule has 2 N–H and O–H groups in total. The zero-order chi connectivity index (χ0) is 15.1. The SMILES string of the molecule is CC(C)(C)OC(=O)N1CCC2(CC1)NCN1C=CNC=C12. The maximum atomic E-state index is 12.1. The third-order valence-corrected chi connectivity index (χ3v) is 4.23. The van der Waals surface area contributed by atoms with Gasteiger partial charge in [-0.3, -0.25) is 5.32 Å². The highest BCUT2D eigenvalue weighted by molar-refractivity contribution is 5.68. The quantitative estimate of drug-likeness (QED) is 0.709. The molecule has 0 aliphatic carbocycles. The summed E-state index contributed by atoms with van der Waals surface area (Å²) in [5.41, 5.74) is 0.819. The number of piperidine rings is 1. The lowest BCUT2D eigenvalue weighted by atomic mass is 9.85. The Morgan fingerprint density at radius 1 is 1.33 bits per heavy atom. The maximum absolute atomic E-state index is 12.1. The lowest BCUT2D eigenvalue weighted by molar-refractivity contribution is 0.0173. The van der Waals surface area contributed by atoms with Gasteiger partial charge in [-0.2, -0.15) is 0 Å². The van der Waals surface area contributed by atoms with E-state index < -0.39 is 5.60 Å². The first-order valence-corrected chi connectivity index (χ1v) is 7.53. The first-order chi connectivity index (χ1) is 9.90. The minimum Gasteiger partial charge on any atom is -0.444 e. The van der Waals surface area contributed by atoms with Crippen molar-refractivity contribution in [3.8, 4) is 0 Å². The van der Waals surface area contributed by atoms with Gasteiger partial charge in [-0.1, -0.05) is 0 Å². The molecule has 21 heavy (non-hydrogen) atoms. The highest BCUT2D eigenvalue weighted by atomic mass is 16.6. The average molecular weight is 292 g/mol. The lowest BCUT2D eigenvalue weighted by Crippen LogP contribution is -2.53. The molecule has 0 unspecified atom stereocenters. The molecule has 0 aromatic rings. The molecule has 6 heteroatoms. The average Bonchev–Trinajstić information content (AvgIpc) is 2.77. The van der Waals surface area contributed by atoms with E-state index in [1.165, 1.54) is 5.70 Å². The van der Waals surface area contributed by atoms with Crippen LogP contribution in [-0.4, -0.2) is 46.8 Å². The third-order valence-electron chi connectivity index (χ3n) is 4.23. The molecule has 0 radical (unpaired) electrons. The van der Waals surface area contributed by atoms with Gasteiger partial charge in [0.2, 0.25) is 0 Å². The predicted octanol–water partition coefficient (Wildman–Crippen LogP) is 1.53. The van der Waals surface area contributed by atoms with Crippen LogP contribution in [-0.2, 0) is 4.74 Å². The zero-order valence-corrected chi connectivity index (χ0v) is 13.0. The Hall–Kier alpha value is -1.69. The molecular weight excluding hydrogens is 268 g/mol. The predicted molar refractivity (Wildman–Crippen MR) is 80.0 cm³/mol. The first-order valence-electron chi connectivity index (χ1n) is 7.53. The second kappa shape index (κ2) is 4.94. The molecule has 0 bridgehead atoms. The van der Waals surface area contributed by atoms with Crippen LogP contribution < -0.4 is 10.6 Å². The number of hydrogen-bond donors (Lipinski definition) is 2. The minimum atomic E-state index is -0.435. The van der Waals surface area contributed by atoms with Crippen molar-refractivity contribution in [3.63, 3.8) is 0 Å². The fourth-order valence-corrected chi connectivity index (χ4v) is 3.13. The number of rotatable bonds is 0. The zero-order valence-electron chi connectivity index (χ0n) is 13.0. The molecule has 6 nitrogen and oxygen atoms in total.